The fourth-order valence-electron chi connectivity index (χ4n) is 2.55. The topological polar surface area (TPSA) is 94.8 Å². The van der Waals surface area contributed by atoms with Crippen molar-refractivity contribution in [3.63, 3.8) is 0 Å². The summed E-state index contributed by atoms with van der Waals surface area (Å²) in [6.07, 6.45) is 0. The minimum absolute atomic E-state index is 0.0911. The van der Waals surface area contributed by atoms with Gasteiger partial charge in [0.25, 0.3) is 5.91 Å². The van der Waals surface area contributed by atoms with Crippen LogP contribution in [0.1, 0.15) is 15.9 Å². The maximum absolute atomic E-state index is 13.1. The lowest BCUT2D eigenvalue weighted by Crippen LogP contribution is -2.30. The Kier molecular flexibility index (Phi) is 5.69. The zero-order valence-electron chi connectivity index (χ0n) is 14.9. The molecule has 1 N–H and O–H groups in total. The third-order valence-electron chi connectivity index (χ3n) is 3.91. The minimum atomic E-state index is -0.709. The molecule has 7 nitrogen and oxygen atoms in total. The normalized spacial score (nSPS) is 10.5. The standard InChI is InChI=1S/C20H16FNO6/c1-26-15-5-6-16-13(8-18(23)28-17(16)9-15)11-27-19(24)10-22-20(25)12-3-2-4-14(21)7-12/h2-9H,10-11H2,1H3,(H,22,25). The Bertz CT molecular complexity index is 1090. The maximum Gasteiger partial charge on any atom is 0.336 e. The molecule has 0 aliphatic carbocycles. The van der Waals surface area contributed by atoms with Crippen molar-refractivity contribution in [3.05, 3.63) is 75.9 Å². The van der Waals surface area contributed by atoms with Gasteiger partial charge >= 0.3 is 11.6 Å². The van der Waals surface area contributed by atoms with Crippen LogP contribution in [0.25, 0.3) is 11.0 Å². The molecule has 1 heterocycles. The fourth-order valence-corrected chi connectivity index (χ4v) is 2.55. The highest BCUT2D eigenvalue weighted by Crippen LogP contribution is 2.22. The third kappa shape index (κ3) is 4.53. The molecule has 0 radical (unpaired) electrons. The molecule has 8 heteroatoms. The molecule has 1 aromatic heterocycles. The molecule has 1 amide bonds. The van der Waals surface area contributed by atoms with Crippen molar-refractivity contribution in [1.29, 1.82) is 0 Å². The zero-order valence-corrected chi connectivity index (χ0v) is 14.9. The first-order valence-electron chi connectivity index (χ1n) is 8.26. The smallest absolute Gasteiger partial charge is 0.336 e. The molecule has 3 rings (SSSR count). The molecule has 0 aliphatic rings. The van der Waals surface area contributed by atoms with Crippen molar-refractivity contribution in [2.45, 2.75) is 6.61 Å². The lowest BCUT2D eigenvalue weighted by molar-refractivity contribution is -0.143. The molecule has 0 saturated carbocycles. The van der Waals surface area contributed by atoms with Crippen LogP contribution >= 0.6 is 0 Å². The predicted molar refractivity (Wildman–Crippen MR) is 97.6 cm³/mol. The molecular weight excluding hydrogens is 369 g/mol. The molecule has 2 aromatic carbocycles. The number of halogens is 1. The van der Waals surface area contributed by atoms with Crippen LogP contribution in [0.3, 0.4) is 0 Å². The van der Waals surface area contributed by atoms with E-state index in [0.717, 1.165) is 6.07 Å². The number of carbonyl (C=O) groups is 2. The van der Waals surface area contributed by atoms with E-state index in [2.05, 4.69) is 5.32 Å². The number of rotatable bonds is 6. The second kappa shape index (κ2) is 8.34. The number of hydrogen-bond acceptors (Lipinski definition) is 6. The van der Waals surface area contributed by atoms with Gasteiger partial charge in [-0.25, -0.2) is 9.18 Å². The number of methoxy groups -OCH3 is 1. The molecule has 3 aromatic rings. The van der Waals surface area contributed by atoms with Crippen molar-refractivity contribution in [2.75, 3.05) is 13.7 Å². The number of fused-ring (bicyclic) bond motifs is 1. The van der Waals surface area contributed by atoms with E-state index >= 15 is 0 Å². The summed E-state index contributed by atoms with van der Waals surface area (Å²) < 4.78 is 28.5. The highest BCUT2D eigenvalue weighted by Gasteiger charge is 2.12. The van der Waals surface area contributed by atoms with E-state index in [1.54, 1.807) is 18.2 Å². The number of nitrogens with one attached hydrogen (secondary N) is 1. The first-order valence-corrected chi connectivity index (χ1v) is 8.26. The Morgan fingerprint density at radius 2 is 1.96 bits per heavy atom. The van der Waals surface area contributed by atoms with Crippen molar-refractivity contribution in [2.24, 2.45) is 0 Å². The van der Waals surface area contributed by atoms with Crippen molar-refractivity contribution in [1.82, 2.24) is 5.32 Å². The van der Waals surface area contributed by atoms with Crippen molar-refractivity contribution in [3.8, 4) is 5.75 Å². The van der Waals surface area contributed by atoms with Gasteiger partial charge < -0.3 is 19.2 Å². The van der Waals surface area contributed by atoms with Gasteiger partial charge in [0, 0.05) is 28.6 Å². The first kappa shape index (κ1) is 19.1. The highest BCUT2D eigenvalue weighted by atomic mass is 19.1. The van der Waals surface area contributed by atoms with Gasteiger partial charge in [0.1, 0.15) is 30.3 Å². The number of ether oxygens (including phenoxy) is 2. The quantitative estimate of drug-likeness (QED) is 0.517. The number of amides is 1. The van der Waals surface area contributed by atoms with Gasteiger partial charge in [0.2, 0.25) is 0 Å². The van der Waals surface area contributed by atoms with E-state index in [1.165, 1.54) is 31.4 Å². The Morgan fingerprint density at radius 1 is 1.14 bits per heavy atom. The summed E-state index contributed by atoms with van der Waals surface area (Å²) in [5.41, 5.74) is 0.260. The van der Waals surface area contributed by atoms with Crippen LogP contribution in [0, 0.1) is 5.82 Å². The van der Waals surface area contributed by atoms with Crippen molar-refractivity contribution >= 4 is 22.8 Å². The average Bonchev–Trinajstić information content (AvgIpc) is 2.69. The second-order valence-corrected chi connectivity index (χ2v) is 5.81. The minimum Gasteiger partial charge on any atom is -0.497 e. The van der Waals surface area contributed by atoms with Gasteiger partial charge in [-0.05, 0) is 30.3 Å². The lowest BCUT2D eigenvalue weighted by Gasteiger charge is -2.09. The SMILES string of the molecule is COc1ccc2c(COC(=O)CNC(=O)c3cccc(F)c3)cc(=O)oc2c1. The Labute approximate surface area is 158 Å². The molecular formula is C20H16FNO6. The average molecular weight is 385 g/mol. The summed E-state index contributed by atoms with van der Waals surface area (Å²) in [7, 11) is 1.49. The Morgan fingerprint density at radius 3 is 2.71 bits per heavy atom. The maximum atomic E-state index is 13.1. The zero-order chi connectivity index (χ0) is 20.1. The molecule has 28 heavy (non-hydrogen) atoms. The van der Waals surface area contributed by atoms with E-state index < -0.39 is 29.9 Å². The summed E-state index contributed by atoms with van der Waals surface area (Å²) in [5.74, 6) is -1.35. The monoisotopic (exact) mass is 385 g/mol. The lowest BCUT2D eigenvalue weighted by atomic mass is 10.1. The molecule has 0 spiro atoms. The Balaban J connectivity index is 1.63. The summed E-state index contributed by atoms with van der Waals surface area (Å²) in [4.78, 5) is 35.5. The van der Waals surface area contributed by atoms with Gasteiger partial charge in [-0.15, -0.1) is 0 Å². The van der Waals surface area contributed by atoms with Crippen LogP contribution in [-0.4, -0.2) is 25.5 Å². The highest BCUT2D eigenvalue weighted by molar-refractivity contribution is 5.95. The number of esters is 1. The van der Waals surface area contributed by atoms with Gasteiger partial charge in [-0.1, -0.05) is 6.07 Å². The van der Waals surface area contributed by atoms with E-state index in [0.29, 0.717) is 22.3 Å². The van der Waals surface area contributed by atoms with Crippen LogP contribution in [0.5, 0.6) is 5.75 Å². The molecule has 0 unspecified atom stereocenters. The van der Waals surface area contributed by atoms with Crippen LogP contribution < -0.4 is 15.7 Å². The second-order valence-electron chi connectivity index (χ2n) is 5.81. The fraction of sp³-hybridized carbons (Fsp3) is 0.150. The summed E-state index contributed by atoms with van der Waals surface area (Å²) in [5, 5.41) is 2.94. The van der Waals surface area contributed by atoms with E-state index in [9.17, 15) is 18.8 Å². The number of benzene rings is 2. The number of hydrogen-bond donors (Lipinski definition) is 1. The molecule has 0 fully saturated rings. The first-order chi connectivity index (χ1) is 13.5. The van der Waals surface area contributed by atoms with Gasteiger partial charge in [-0.3, -0.25) is 9.59 Å². The van der Waals surface area contributed by atoms with Crippen LogP contribution in [-0.2, 0) is 16.1 Å². The van der Waals surface area contributed by atoms with E-state index in [-0.39, 0.29) is 12.2 Å². The number of carbonyl (C=O) groups excluding carboxylic acids is 2. The molecule has 0 aliphatic heterocycles. The van der Waals surface area contributed by atoms with Crippen LogP contribution in [0.2, 0.25) is 0 Å². The summed E-state index contributed by atoms with van der Waals surface area (Å²) in [6, 6.07) is 11.2. The third-order valence-corrected chi connectivity index (χ3v) is 3.91. The summed E-state index contributed by atoms with van der Waals surface area (Å²) in [6.45, 7) is -0.578. The van der Waals surface area contributed by atoms with Crippen molar-refractivity contribution < 1.29 is 27.9 Å². The van der Waals surface area contributed by atoms with E-state index in [4.69, 9.17) is 13.9 Å². The largest absolute Gasteiger partial charge is 0.497 e. The summed E-state index contributed by atoms with van der Waals surface area (Å²) >= 11 is 0. The molecule has 0 bridgehead atoms. The van der Waals surface area contributed by atoms with Crippen LogP contribution in [0.4, 0.5) is 4.39 Å². The molecule has 144 valence electrons. The van der Waals surface area contributed by atoms with Gasteiger partial charge in [-0.2, -0.15) is 0 Å². The predicted octanol–water partition coefficient (Wildman–Crippen LogP) is 2.41. The van der Waals surface area contributed by atoms with Gasteiger partial charge in [0.15, 0.2) is 0 Å². The molecule has 0 atom stereocenters. The van der Waals surface area contributed by atoms with Gasteiger partial charge in [0.05, 0.1) is 7.11 Å². The Hall–Kier alpha value is -3.68. The van der Waals surface area contributed by atoms with Crippen LogP contribution in [0.15, 0.2) is 57.7 Å². The molecule has 0 saturated heterocycles. The van der Waals surface area contributed by atoms with E-state index in [1.807, 2.05) is 0 Å².